The lowest BCUT2D eigenvalue weighted by molar-refractivity contribution is -0.201. The van der Waals surface area contributed by atoms with Gasteiger partial charge < -0.3 is 14.6 Å². The van der Waals surface area contributed by atoms with Crippen LogP contribution < -0.4 is 9.47 Å². The minimum absolute atomic E-state index is 0.0481. The summed E-state index contributed by atoms with van der Waals surface area (Å²) in [6.45, 7) is 4.97. The van der Waals surface area contributed by atoms with E-state index in [2.05, 4.69) is 4.90 Å². The molecule has 0 unspecified atom stereocenters. The van der Waals surface area contributed by atoms with Crippen molar-refractivity contribution < 1.29 is 29.0 Å². The van der Waals surface area contributed by atoms with Crippen LogP contribution in [0.2, 0.25) is 0 Å². The molecule has 2 bridgehead atoms. The number of nitrogens with zero attached hydrogens (tertiary/aromatic N) is 2. The van der Waals surface area contributed by atoms with E-state index in [0.29, 0.717) is 48.7 Å². The first-order valence-electron chi connectivity index (χ1n) is 13.3. The molecule has 2 amide bonds. The third-order valence-corrected chi connectivity index (χ3v) is 9.75. The zero-order valence-electron chi connectivity index (χ0n) is 20.8. The molecule has 1 spiro atoms. The van der Waals surface area contributed by atoms with E-state index in [-0.39, 0.29) is 24.3 Å². The maximum absolute atomic E-state index is 13.3. The van der Waals surface area contributed by atoms with Crippen LogP contribution in [0.5, 0.6) is 11.5 Å². The minimum Gasteiger partial charge on any atom is -0.483 e. The van der Waals surface area contributed by atoms with Crippen LogP contribution in [0.3, 0.4) is 0 Å². The molecule has 190 valence electrons. The van der Waals surface area contributed by atoms with Gasteiger partial charge in [0.15, 0.2) is 11.5 Å². The molecule has 36 heavy (non-hydrogen) atoms. The van der Waals surface area contributed by atoms with Crippen LogP contribution in [0.4, 0.5) is 0 Å². The highest BCUT2D eigenvalue weighted by Gasteiger charge is 2.74. The average Bonchev–Trinajstić information content (AvgIpc) is 3.51. The number of esters is 1. The number of ether oxygens (including phenoxy) is 2. The van der Waals surface area contributed by atoms with Gasteiger partial charge in [0.1, 0.15) is 6.10 Å². The maximum Gasteiger partial charge on any atom is 0.308 e. The SMILES string of the molecule is C/C=C1\CC(=O)N([C@@H]2CC[C@@]3(O)[C@H]4Cc5ccc(OC(C)=O)c6c5[C@@]3(CCN4CC3CC3)[C@H]2O6)C1=O. The predicted octanol–water partition coefficient (Wildman–Crippen LogP) is 2.25. The molecule has 6 aliphatic rings. The second-order valence-corrected chi connectivity index (χ2v) is 11.5. The fourth-order valence-corrected chi connectivity index (χ4v) is 8.10. The van der Waals surface area contributed by atoms with Crippen molar-refractivity contribution >= 4 is 17.8 Å². The Hall–Kier alpha value is -2.71. The molecule has 8 nitrogen and oxygen atoms in total. The van der Waals surface area contributed by atoms with Crippen molar-refractivity contribution in [3.05, 3.63) is 34.9 Å². The van der Waals surface area contributed by atoms with Crippen molar-refractivity contribution in [2.24, 2.45) is 5.92 Å². The molecule has 3 aliphatic carbocycles. The first kappa shape index (κ1) is 22.5. The molecular weight excluding hydrogens is 460 g/mol. The molecule has 0 radical (unpaired) electrons. The first-order chi connectivity index (χ1) is 17.3. The highest BCUT2D eigenvalue weighted by atomic mass is 16.6. The Kier molecular flexibility index (Phi) is 4.63. The Balaban J connectivity index is 1.39. The smallest absolute Gasteiger partial charge is 0.308 e. The summed E-state index contributed by atoms with van der Waals surface area (Å²) in [5.41, 5.74) is 0.720. The van der Waals surface area contributed by atoms with Crippen LogP contribution in [0.15, 0.2) is 23.8 Å². The summed E-state index contributed by atoms with van der Waals surface area (Å²) in [5, 5.41) is 12.6. The van der Waals surface area contributed by atoms with Crippen LogP contribution in [0.1, 0.15) is 63.5 Å². The molecule has 1 N–H and O–H groups in total. The van der Waals surface area contributed by atoms with Gasteiger partial charge in [0.25, 0.3) is 5.91 Å². The van der Waals surface area contributed by atoms with E-state index < -0.39 is 29.1 Å². The lowest BCUT2D eigenvalue weighted by Crippen LogP contribution is -2.78. The third-order valence-electron chi connectivity index (χ3n) is 9.75. The number of hydrogen-bond donors (Lipinski definition) is 1. The van der Waals surface area contributed by atoms with Gasteiger partial charge in [0.2, 0.25) is 5.91 Å². The van der Waals surface area contributed by atoms with E-state index in [1.165, 1.54) is 24.7 Å². The zero-order chi connectivity index (χ0) is 25.0. The topological polar surface area (TPSA) is 96.4 Å². The number of aliphatic hydroxyl groups is 1. The summed E-state index contributed by atoms with van der Waals surface area (Å²) in [4.78, 5) is 42.1. The van der Waals surface area contributed by atoms with Gasteiger partial charge in [-0.05, 0) is 69.5 Å². The number of likely N-dealkylation sites (tertiary alicyclic amines) is 2. The first-order valence-corrected chi connectivity index (χ1v) is 13.3. The monoisotopic (exact) mass is 492 g/mol. The Morgan fingerprint density at radius 1 is 1.25 bits per heavy atom. The summed E-state index contributed by atoms with van der Waals surface area (Å²) in [6, 6.07) is 3.26. The van der Waals surface area contributed by atoms with Crippen LogP contribution in [-0.2, 0) is 26.2 Å². The second-order valence-electron chi connectivity index (χ2n) is 11.5. The number of imide groups is 1. The van der Waals surface area contributed by atoms with E-state index >= 15 is 0 Å². The van der Waals surface area contributed by atoms with Crippen molar-refractivity contribution in [1.82, 2.24) is 9.80 Å². The highest BCUT2D eigenvalue weighted by Crippen LogP contribution is 2.66. The number of carbonyl (C=O) groups excluding carboxylic acids is 3. The molecule has 5 atom stereocenters. The van der Waals surface area contributed by atoms with Gasteiger partial charge >= 0.3 is 5.97 Å². The normalized spacial score (nSPS) is 37.8. The third kappa shape index (κ3) is 2.74. The predicted molar refractivity (Wildman–Crippen MR) is 128 cm³/mol. The lowest BCUT2D eigenvalue weighted by Gasteiger charge is -2.64. The number of rotatable bonds is 4. The van der Waals surface area contributed by atoms with Crippen molar-refractivity contribution in [2.45, 2.75) is 88.0 Å². The van der Waals surface area contributed by atoms with Crippen LogP contribution >= 0.6 is 0 Å². The Bertz CT molecular complexity index is 1240. The molecular formula is C28H32N2O6. The van der Waals surface area contributed by atoms with Crippen molar-refractivity contribution in [2.75, 3.05) is 13.1 Å². The van der Waals surface area contributed by atoms with Gasteiger partial charge in [-0.3, -0.25) is 24.2 Å². The molecule has 3 heterocycles. The quantitative estimate of drug-likeness (QED) is 0.298. The molecule has 3 aliphatic heterocycles. The summed E-state index contributed by atoms with van der Waals surface area (Å²) >= 11 is 0. The van der Waals surface area contributed by atoms with Crippen molar-refractivity contribution in [3.8, 4) is 11.5 Å². The van der Waals surface area contributed by atoms with E-state index in [4.69, 9.17) is 9.47 Å². The minimum atomic E-state index is -1.05. The number of hydrogen-bond acceptors (Lipinski definition) is 7. The fraction of sp³-hybridized carbons (Fsp3) is 0.607. The molecule has 1 aromatic rings. The summed E-state index contributed by atoms with van der Waals surface area (Å²) < 4.78 is 12.2. The Morgan fingerprint density at radius 2 is 2.06 bits per heavy atom. The zero-order valence-corrected chi connectivity index (χ0v) is 20.8. The largest absolute Gasteiger partial charge is 0.483 e. The summed E-state index contributed by atoms with van der Waals surface area (Å²) in [6.07, 6.45) is 6.08. The van der Waals surface area contributed by atoms with Gasteiger partial charge in [-0.1, -0.05) is 12.1 Å². The molecule has 0 aromatic heterocycles. The van der Waals surface area contributed by atoms with Gasteiger partial charge in [-0.15, -0.1) is 0 Å². The van der Waals surface area contributed by atoms with Gasteiger partial charge in [-0.25, -0.2) is 0 Å². The Morgan fingerprint density at radius 3 is 2.75 bits per heavy atom. The standard InChI is InChI=1S/C28H32N2O6/c1-3-17-13-22(32)30(26(17)33)19-8-9-28(34)21-12-18-6-7-20(35-15(2)31)24-23(18)27(28,25(19)36-24)10-11-29(21)14-16-4-5-16/h3,6-7,16,19,21,25,34H,4-5,8-14H2,1-2H3/b17-3+/t19-,21-,25+,27+,28-/m1/s1. The van der Waals surface area contributed by atoms with E-state index in [1.54, 1.807) is 19.1 Å². The van der Waals surface area contributed by atoms with E-state index in [9.17, 15) is 19.5 Å². The molecule has 8 heteroatoms. The van der Waals surface area contributed by atoms with Gasteiger partial charge in [-0.2, -0.15) is 0 Å². The van der Waals surface area contributed by atoms with Crippen molar-refractivity contribution in [3.63, 3.8) is 0 Å². The number of piperidine rings is 1. The van der Waals surface area contributed by atoms with E-state index in [1.807, 2.05) is 6.07 Å². The molecule has 4 fully saturated rings. The summed E-state index contributed by atoms with van der Waals surface area (Å²) in [7, 11) is 0. The number of allylic oxidation sites excluding steroid dienone is 1. The number of amides is 2. The average molecular weight is 493 g/mol. The van der Waals surface area contributed by atoms with Gasteiger partial charge in [0.05, 0.1) is 23.5 Å². The second kappa shape index (κ2) is 7.42. The Labute approximate surface area is 210 Å². The number of benzene rings is 1. The molecule has 1 aromatic carbocycles. The van der Waals surface area contributed by atoms with Crippen LogP contribution in [-0.4, -0.2) is 69.6 Å². The lowest BCUT2D eigenvalue weighted by atomic mass is 9.48. The van der Waals surface area contributed by atoms with Gasteiger partial charge in [0, 0.05) is 30.6 Å². The van der Waals surface area contributed by atoms with Crippen LogP contribution in [0, 0.1) is 5.92 Å². The maximum atomic E-state index is 13.3. The number of carbonyl (C=O) groups is 3. The molecule has 7 rings (SSSR count). The molecule has 2 saturated carbocycles. The highest BCUT2D eigenvalue weighted by molar-refractivity contribution is 6.13. The van der Waals surface area contributed by atoms with Crippen LogP contribution in [0.25, 0.3) is 0 Å². The van der Waals surface area contributed by atoms with Crippen molar-refractivity contribution in [1.29, 1.82) is 0 Å². The summed E-state index contributed by atoms with van der Waals surface area (Å²) in [5.74, 6) is 0.642. The van der Waals surface area contributed by atoms with E-state index in [0.717, 1.165) is 24.2 Å². The molecule has 2 saturated heterocycles. The fourth-order valence-electron chi connectivity index (χ4n) is 8.10.